The molecule has 0 saturated carbocycles. The minimum atomic E-state index is -1.41. The van der Waals surface area contributed by atoms with Crippen molar-refractivity contribution in [2.24, 2.45) is 0 Å². The average molecular weight is 325 g/mol. The molecule has 0 spiro atoms. The van der Waals surface area contributed by atoms with Crippen molar-refractivity contribution in [2.75, 3.05) is 6.61 Å². The number of halogens is 1. The summed E-state index contributed by atoms with van der Waals surface area (Å²) < 4.78 is 5.40. The quantitative estimate of drug-likeness (QED) is 0.786. The van der Waals surface area contributed by atoms with E-state index in [1.54, 1.807) is 12.1 Å². The van der Waals surface area contributed by atoms with Gasteiger partial charge in [-0.05, 0) is 37.1 Å². The number of carbonyl (C=O) groups excluding carboxylic acids is 2. The van der Waals surface area contributed by atoms with Crippen LogP contribution in [0.5, 0.6) is 5.75 Å². The fourth-order valence-electron chi connectivity index (χ4n) is 1.70. The van der Waals surface area contributed by atoms with Crippen molar-refractivity contribution in [1.29, 1.82) is 0 Å². The lowest BCUT2D eigenvalue weighted by atomic mass is 10.1. The Hall–Kier alpha value is -1.92. The lowest BCUT2D eigenvalue weighted by Crippen LogP contribution is -2.23. The van der Waals surface area contributed by atoms with Gasteiger partial charge in [-0.3, -0.25) is 4.79 Å². The van der Waals surface area contributed by atoms with Crippen LogP contribution < -0.4 is 9.84 Å². The molecule has 0 N–H and O–H groups in total. The van der Waals surface area contributed by atoms with E-state index in [9.17, 15) is 14.7 Å². The molecule has 0 aliphatic heterocycles. The fourth-order valence-corrected chi connectivity index (χ4v) is 2.52. The van der Waals surface area contributed by atoms with E-state index in [4.69, 9.17) is 16.3 Å². The number of nitrogens with zero attached hydrogens (tertiary/aromatic N) is 1. The summed E-state index contributed by atoms with van der Waals surface area (Å²) in [5.74, 6) is -1.27. The molecule has 0 fully saturated rings. The summed E-state index contributed by atoms with van der Waals surface area (Å²) in [5, 5.41) is 12.6. The SMILES string of the molecule is Cc1cc(OCC(=O)c2nc(C(=O)[O-])cs2)cc(C)c1Cl. The Labute approximate surface area is 130 Å². The highest BCUT2D eigenvalue weighted by atomic mass is 35.5. The molecule has 1 aromatic heterocycles. The molecule has 0 aliphatic rings. The normalized spacial score (nSPS) is 10.4. The molecule has 0 bridgehead atoms. The average Bonchev–Trinajstić information content (AvgIpc) is 2.92. The Morgan fingerprint density at radius 2 is 1.95 bits per heavy atom. The third kappa shape index (κ3) is 3.59. The number of carbonyl (C=O) groups is 2. The number of aromatic nitrogens is 1. The minimum Gasteiger partial charge on any atom is -0.543 e. The summed E-state index contributed by atoms with van der Waals surface area (Å²) >= 11 is 7.00. The van der Waals surface area contributed by atoms with Crippen LogP contribution in [-0.4, -0.2) is 23.3 Å². The number of carboxylic acid groups (broad SMARTS) is 1. The van der Waals surface area contributed by atoms with Crippen molar-refractivity contribution in [2.45, 2.75) is 13.8 Å². The zero-order valence-electron chi connectivity index (χ0n) is 11.3. The van der Waals surface area contributed by atoms with E-state index in [0.717, 1.165) is 22.5 Å². The van der Waals surface area contributed by atoms with Gasteiger partial charge < -0.3 is 14.6 Å². The fraction of sp³-hybridized carbons (Fsp3) is 0.214. The minimum absolute atomic E-state index is 0.0802. The number of ketones is 1. The molecule has 0 aliphatic carbocycles. The predicted molar refractivity (Wildman–Crippen MR) is 77.2 cm³/mol. The topological polar surface area (TPSA) is 79.3 Å². The van der Waals surface area contributed by atoms with Crippen LogP contribution in [0.2, 0.25) is 5.02 Å². The van der Waals surface area contributed by atoms with Crippen LogP contribution in [0, 0.1) is 13.8 Å². The molecule has 21 heavy (non-hydrogen) atoms. The van der Waals surface area contributed by atoms with Crippen LogP contribution in [0.15, 0.2) is 17.5 Å². The van der Waals surface area contributed by atoms with E-state index >= 15 is 0 Å². The van der Waals surface area contributed by atoms with Crippen molar-refractivity contribution in [1.82, 2.24) is 4.98 Å². The highest BCUT2D eigenvalue weighted by molar-refractivity contribution is 7.12. The van der Waals surface area contributed by atoms with Gasteiger partial charge >= 0.3 is 0 Å². The Morgan fingerprint density at radius 1 is 1.33 bits per heavy atom. The second-order valence-electron chi connectivity index (χ2n) is 4.41. The number of ether oxygens (including phenoxy) is 1. The van der Waals surface area contributed by atoms with E-state index in [2.05, 4.69) is 4.98 Å². The molecule has 0 saturated heterocycles. The molecule has 5 nitrogen and oxygen atoms in total. The third-order valence-electron chi connectivity index (χ3n) is 2.73. The molecular weight excluding hydrogens is 314 g/mol. The summed E-state index contributed by atoms with van der Waals surface area (Å²) in [6, 6.07) is 3.47. The van der Waals surface area contributed by atoms with Gasteiger partial charge in [-0.2, -0.15) is 0 Å². The number of Topliss-reactive ketones (excluding diaryl/α,β-unsaturated/α-hetero) is 1. The number of hydrogen-bond acceptors (Lipinski definition) is 6. The van der Waals surface area contributed by atoms with E-state index < -0.39 is 11.8 Å². The van der Waals surface area contributed by atoms with Gasteiger partial charge in [-0.15, -0.1) is 11.3 Å². The summed E-state index contributed by atoms with van der Waals surface area (Å²) in [7, 11) is 0. The van der Waals surface area contributed by atoms with E-state index in [0.29, 0.717) is 10.8 Å². The Morgan fingerprint density at radius 3 is 2.48 bits per heavy atom. The van der Waals surface area contributed by atoms with Crippen molar-refractivity contribution >= 4 is 34.7 Å². The van der Waals surface area contributed by atoms with Gasteiger partial charge in [0, 0.05) is 10.4 Å². The maximum absolute atomic E-state index is 11.9. The van der Waals surface area contributed by atoms with Gasteiger partial charge in [-0.25, -0.2) is 4.98 Å². The first-order valence-electron chi connectivity index (χ1n) is 5.98. The van der Waals surface area contributed by atoms with E-state index in [1.807, 2.05) is 13.8 Å². The Balaban J connectivity index is 2.05. The van der Waals surface area contributed by atoms with E-state index in [1.165, 1.54) is 5.38 Å². The number of carboxylic acids is 1. The lowest BCUT2D eigenvalue weighted by Gasteiger charge is -2.08. The zero-order valence-corrected chi connectivity index (χ0v) is 12.9. The van der Waals surface area contributed by atoms with Gasteiger partial charge in [0.25, 0.3) is 0 Å². The highest BCUT2D eigenvalue weighted by Crippen LogP contribution is 2.26. The van der Waals surface area contributed by atoms with Gasteiger partial charge in [0.15, 0.2) is 11.6 Å². The van der Waals surface area contributed by atoms with Crippen LogP contribution >= 0.6 is 22.9 Å². The van der Waals surface area contributed by atoms with Gasteiger partial charge in [0.1, 0.15) is 5.75 Å². The maximum Gasteiger partial charge on any atom is 0.228 e. The molecular formula is C14H11ClNO4S-. The summed E-state index contributed by atoms with van der Waals surface area (Å²) in [6.07, 6.45) is 0. The molecule has 110 valence electrons. The van der Waals surface area contributed by atoms with Crippen LogP contribution in [-0.2, 0) is 0 Å². The molecule has 0 radical (unpaired) electrons. The first kappa shape index (κ1) is 15.5. The first-order valence-corrected chi connectivity index (χ1v) is 7.24. The Bertz CT molecular complexity index is 688. The number of benzene rings is 1. The van der Waals surface area contributed by atoms with Crippen LogP contribution in [0.25, 0.3) is 0 Å². The smallest absolute Gasteiger partial charge is 0.228 e. The van der Waals surface area contributed by atoms with Crippen molar-refractivity contribution < 1.29 is 19.4 Å². The molecule has 0 unspecified atom stereocenters. The van der Waals surface area contributed by atoms with Crippen molar-refractivity contribution in [3.63, 3.8) is 0 Å². The lowest BCUT2D eigenvalue weighted by molar-refractivity contribution is -0.255. The number of thiazole rings is 1. The first-order chi connectivity index (χ1) is 9.88. The predicted octanol–water partition coefficient (Wildman–Crippen LogP) is 2.04. The van der Waals surface area contributed by atoms with Gasteiger partial charge in [0.2, 0.25) is 5.78 Å². The molecule has 7 heteroatoms. The molecule has 1 heterocycles. The molecule has 1 aromatic carbocycles. The zero-order chi connectivity index (χ0) is 15.6. The number of rotatable bonds is 5. The number of hydrogen-bond donors (Lipinski definition) is 0. The van der Waals surface area contributed by atoms with Gasteiger partial charge in [0.05, 0.1) is 11.7 Å². The molecule has 2 aromatic rings. The highest BCUT2D eigenvalue weighted by Gasteiger charge is 2.13. The largest absolute Gasteiger partial charge is 0.543 e. The van der Waals surface area contributed by atoms with Crippen LogP contribution in [0.1, 0.15) is 31.4 Å². The monoisotopic (exact) mass is 324 g/mol. The van der Waals surface area contributed by atoms with E-state index in [-0.39, 0.29) is 17.3 Å². The van der Waals surface area contributed by atoms with Crippen LogP contribution in [0.4, 0.5) is 0 Å². The number of aromatic carboxylic acids is 1. The molecule has 2 rings (SSSR count). The summed E-state index contributed by atoms with van der Waals surface area (Å²) in [4.78, 5) is 26.2. The second kappa shape index (κ2) is 6.24. The summed E-state index contributed by atoms with van der Waals surface area (Å²) in [6.45, 7) is 3.47. The van der Waals surface area contributed by atoms with Crippen LogP contribution in [0.3, 0.4) is 0 Å². The van der Waals surface area contributed by atoms with Crippen molar-refractivity contribution in [3.05, 3.63) is 44.4 Å². The maximum atomic E-state index is 11.9. The van der Waals surface area contributed by atoms with Gasteiger partial charge in [-0.1, -0.05) is 11.6 Å². The Kier molecular flexibility index (Phi) is 4.59. The molecule has 0 atom stereocenters. The molecule has 0 amide bonds. The third-order valence-corrected chi connectivity index (χ3v) is 4.21. The standard InChI is InChI=1S/C14H12ClNO4S/c1-7-3-9(4-8(2)12(7)15)20-5-11(17)13-16-10(6-21-13)14(18)19/h3-4,6H,5H2,1-2H3,(H,18,19)/p-1. The number of aryl methyl sites for hydroxylation is 2. The summed E-state index contributed by atoms with van der Waals surface area (Å²) in [5.41, 5.74) is 1.46. The second-order valence-corrected chi connectivity index (χ2v) is 5.64. The van der Waals surface area contributed by atoms with Crippen molar-refractivity contribution in [3.8, 4) is 5.75 Å².